The van der Waals surface area contributed by atoms with E-state index in [4.69, 9.17) is 13.9 Å². The maximum absolute atomic E-state index is 13.2. The molecule has 0 N–H and O–H groups in total. The molecule has 0 spiro atoms. The first-order valence-electron chi connectivity index (χ1n) is 10.3. The van der Waals surface area contributed by atoms with Crippen molar-refractivity contribution >= 4 is 17.5 Å². The van der Waals surface area contributed by atoms with Gasteiger partial charge in [-0.05, 0) is 68.4 Å². The fourth-order valence-electron chi connectivity index (χ4n) is 6.08. The molecule has 4 aliphatic carbocycles. The van der Waals surface area contributed by atoms with Gasteiger partial charge in [0.25, 0.3) is 11.1 Å². The van der Waals surface area contributed by atoms with E-state index in [-0.39, 0.29) is 5.41 Å². The zero-order valence-corrected chi connectivity index (χ0v) is 17.7. The molecule has 0 amide bonds. The molecule has 4 aliphatic rings. The second-order valence-electron chi connectivity index (χ2n) is 8.85. The number of hydrogen-bond acceptors (Lipinski definition) is 7. The fourth-order valence-corrected chi connectivity index (χ4v) is 6.88. The summed E-state index contributed by atoms with van der Waals surface area (Å²) in [6.07, 6.45) is 7.31. The number of rotatable bonds is 7. The molecule has 0 saturated heterocycles. The average molecular weight is 415 g/mol. The van der Waals surface area contributed by atoms with Crippen LogP contribution in [0.5, 0.6) is 11.5 Å². The molecular weight excluding hydrogens is 388 g/mol. The molecule has 4 fully saturated rings. The summed E-state index contributed by atoms with van der Waals surface area (Å²) in [6.45, 7) is 0. The van der Waals surface area contributed by atoms with E-state index in [0.717, 1.165) is 37.0 Å². The second-order valence-corrected chi connectivity index (χ2v) is 9.78. The van der Waals surface area contributed by atoms with Crippen molar-refractivity contribution in [3.8, 4) is 23.0 Å². The van der Waals surface area contributed by atoms with Crippen LogP contribution in [-0.2, 0) is 4.79 Å². The quantitative estimate of drug-likeness (QED) is 0.611. The molecule has 4 saturated carbocycles. The van der Waals surface area contributed by atoms with E-state index in [2.05, 4.69) is 10.2 Å². The molecule has 0 atom stereocenters. The molecule has 6 nitrogen and oxygen atoms in total. The molecule has 2 aromatic rings. The van der Waals surface area contributed by atoms with E-state index >= 15 is 0 Å². The Morgan fingerprint density at radius 3 is 2.41 bits per heavy atom. The third kappa shape index (κ3) is 3.43. The lowest BCUT2D eigenvalue weighted by molar-refractivity contribution is -0.141. The predicted octanol–water partition coefficient (Wildman–Crippen LogP) is 4.63. The van der Waals surface area contributed by atoms with Crippen molar-refractivity contribution in [3.05, 3.63) is 18.2 Å². The van der Waals surface area contributed by atoms with Gasteiger partial charge in [0.1, 0.15) is 17.3 Å². The lowest BCUT2D eigenvalue weighted by Gasteiger charge is -2.55. The maximum Gasteiger partial charge on any atom is 0.277 e. The topological polar surface area (TPSA) is 74.5 Å². The Labute approximate surface area is 174 Å². The summed E-state index contributed by atoms with van der Waals surface area (Å²) < 4.78 is 16.5. The summed E-state index contributed by atoms with van der Waals surface area (Å²) in [5, 5.41) is 8.71. The smallest absolute Gasteiger partial charge is 0.277 e. The molecule has 1 aromatic heterocycles. The number of hydrogen-bond donors (Lipinski definition) is 0. The van der Waals surface area contributed by atoms with Crippen LogP contribution in [0.4, 0.5) is 0 Å². The minimum atomic E-state index is -0.0796. The molecule has 1 aromatic carbocycles. The van der Waals surface area contributed by atoms with Gasteiger partial charge in [-0.2, -0.15) is 0 Å². The van der Waals surface area contributed by atoms with E-state index in [9.17, 15) is 4.79 Å². The van der Waals surface area contributed by atoms with Crippen LogP contribution in [0.25, 0.3) is 11.5 Å². The van der Waals surface area contributed by atoms with Gasteiger partial charge in [-0.25, -0.2) is 0 Å². The van der Waals surface area contributed by atoms with Gasteiger partial charge in [-0.1, -0.05) is 11.8 Å². The van der Waals surface area contributed by atoms with Crippen LogP contribution in [-0.4, -0.2) is 36.0 Å². The van der Waals surface area contributed by atoms with E-state index in [1.807, 2.05) is 12.1 Å². The van der Waals surface area contributed by atoms with E-state index < -0.39 is 0 Å². The van der Waals surface area contributed by atoms with Crippen LogP contribution in [0.3, 0.4) is 0 Å². The highest BCUT2D eigenvalue weighted by atomic mass is 32.2. The van der Waals surface area contributed by atoms with Crippen LogP contribution >= 0.6 is 11.8 Å². The van der Waals surface area contributed by atoms with Gasteiger partial charge in [-0.15, -0.1) is 10.2 Å². The Hall–Kier alpha value is -2.02. The van der Waals surface area contributed by atoms with E-state index in [1.165, 1.54) is 31.0 Å². The summed E-state index contributed by atoms with van der Waals surface area (Å²) in [6, 6.07) is 5.44. The number of methoxy groups -OCH3 is 2. The number of Topliss-reactive ketones (excluding diaryl/α,β-unsaturated/α-hetero) is 1. The van der Waals surface area contributed by atoms with Crippen molar-refractivity contribution < 1.29 is 18.7 Å². The largest absolute Gasteiger partial charge is 0.497 e. The highest BCUT2D eigenvalue weighted by molar-refractivity contribution is 7.99. The van der Waals surface area contributed by atoms with E-state index in [1.54, 1.807) is 20.3 Å². The van der Waals surface area contributed by atoms with Crippen molar-refractivity contribution in [1.82, 2.24) is 10.2 Å². The first kappa shape index (κ1) is 19.0. The van der Waals surface area contributed by atoms with Crippen LogP contribution in [0.1, 0.15) is 38.5 Å². The lowest BCUT2D eigenvalue weighted by atomic mass is 9.48. The van der Waals surface area contributed by atoms with Gasteiger partial charge in [0, 0.05) is 11.5 Å². The number of aromatic nitrogens is 2. The normalized spacial score (nSPS) is 29.8. The molecule has 6 rings (SSSR count). The number of thioether (sulfide) groups is 1. The third-order valence-corrected chi connectivity index (χ3v) is 7.82. The van der Waals surface area contributed by atoms with Crippen LogP contribution in [0, 0.1) is 23.2 Å². The van der Waals surface area contributed by atoms with E-state index in [0.29, 0.717) is 39.7 Å². The Balaban J connectivity index is 1.27. The summed E-state index contributed by atoms with van der Waals surface area (Å²) in [7, 11) is 3.20. The standard InChI is InChI=1S/C22H26N2O4S/c1-26-16-3-4-17(18(8-16)27-2)20-23-24-21(28-20)29-12-19(25)22-9-13-5-14(10-22)7-15(6-13)11-22/h3-4,8,13-15H,5-7,9-12H2,1-2H3. The van der Waals surface area contributed by atoms with Gasteiger partial charge in [0.05, 0.1) is 25.5 Å². The Kier molecular flexibility index (Phi) is 4.81. The predicted molar refractivity (Wildman–Crippen MR) is 109 cm³/mol. The fraction of sp³-hybridized carbons (Fsp3) is 0.591. The van der Waals surface area contributed by atoms with Gasteiger partial charge in [0.15, 0.2) is 0 Å². The number of benzene rings is 1. The SMILES string of the molecule is COc1ccc(-c2nnc(SCC(=O)C34CC5CC(CC(C5)C3)C4)o2)c(OC)c1. The van der Waals surface area contributed by atoms with Gasteiger partial charge >= 0.3 is 0 Å². The number of ether oxygens (including phenoxy) is 2. The molecule has 154 valence electrons. The molecule has 0 aliphatic heterocycles. The van der Waals surface area contributed by atoms with Crippen molar-refractivity contribution in [2.45, 2.75) is 43.7 Å². The van der Waals surface area contributed by atoms with Gasteiger partial charge < -0.3 is 13.9 Å². The average Bonchev–Trinajstić information content (AvgIpc) is 3.19. The summed E-state index contributed by atoms with van der Waals surface area (Å²) in [5.41, 5.74) is 0.629. The van der Waals surface area contributed by atoms with Crippen LogP contribution in [0.15, 0.2) is 27.8 Å². The monoisotopic (exact) mass is 414 g/mol. The Morgan fingerprint density at radius 2 is 1.79 bits per heavy atom. The zero-order valence-electron chi connectivity index (χ0n) is 16.8. The molecule has 0 radical (unpaired) electrons. The second kappa shape index (κ2) is 7.35. The Morgan fingerprint density at radius 1 is 1.10 bits per heavy atom. The highest BCUT2D eigenvalue weighted by Gasteiger charge is 2.54. The number of carbonyl (C=O) groups is 1. The van der Waals surface area contributed by atoms with Crippen molar-refractivity contribution in [1.29, 1.82) is 0 Å². The number of ketones is 1. The molecule has 4 bridgehead atoms. The number of carbonyl (C=O) groups excluding carboxylic acids is 1. The van der Waals surface area contributed by atoms with Gasteiger partial charge in [-0.3, -0.25) is 4.79 Å². The minimum absolute atomic E-state index is 0.0796. The maximum atomic E-state index is 13.2. The van der Waals surface area contributed by atoms with Crippen LogP contribution < -0.4 is 9.47 Å². The Bertz CT molecular complexity index is 890. The molecule has 0 unspecified atom stereocenters. The summed E-state index contributed by atoms with van der Waals surface area (Å²) >= 11 is 1.36. The third-order valence-electron chi connectivity index (χ3n) is 7.00. The van der Waals surface area contributed by atoms with Gasteiger partial charge in [0.2, 0.25) is 0 Å². The highest BCUT2D eigenvalue weighted by Crippen LogP contribution is 2.60. The molecular formula is C22H26N2O4S. The first-order chi connectivity index (χ1) is 14.1. The van der Waals surface area contributed by atoms with Crippen molar-refractivity contribution in [2.75, 3.05) is 20.0 Å². The van der Waals surface area contributed by atoms with Crippen LogP contribution in [0.2, 0.25) is 0 Å². The summed E-state index contributed by atoms with van der Waals surface area (Å²) in [4.78, 5) is 13.2. The lowest BCUT2D eigenvalue weighted by Crippen LogP contribution is -2.50. The first-order valence-corrected chi connectivity index (χ1v) is 11.3. The minimum Gasteiger partial charge on any atom is -0.497 e. The summed E-state index contributed by atoms with van der Waals surface area (Å²) in [5.74, 6) is 4.79. The molecule has 1 heterocycles. The zero-order chi connectivity index (χ0) is 20.0. The van der Waals surface area contributed by atoms with Crippen molar-refractivity contribution in [2.24, 2.45) is 23.2 Å². The van der Waals surface area contributed by atoms with Crippen molar-refractivity contribution in [3.63, 3.8) is 0 Å². The molecule has 7 heteroatoms. The molecule has 29 heavy (non-hydrogen) atoms. The number of nitrogens with zero attached hydrogens (tertiary/aromatic N) is 2.